The van der Waals surface area contributed by atoms with Gasteiger partial charge in [-0.15, -0.1) is 0 Å². The number of ether oxygens (including phenoxy) is 1. The van der Waals surface area contributed by atoms with E-state index in [0.717, 1.165) is 13.0 Å². The monoisotopic (exact) mass is 264 g/mol. The lowest BCUT2D eigenvalue weighted by atomic mass is 10.1. The molecule has 100 valence electrons. The molecular formula is C10H20N2O4S. The van der Waals surface area contributed by atoms with Gasteiger partial charge in [0.2, 0.25) is 10.0 Å². The van der Waals surface area contributed by atoms with Crippen LogP contribution in [0.5, 0.6) is 0 Å². The number of hydrogen-bond acceptors (Lipinski definition) is 5. The van der Waals surface area contributed by atoms with Gasteiger partial charge in [0.05, 0.1) is 6.61 Å². The Kier molecular flexibility index (Phi) is 5.35. The molecule has 0 spiro atoms. The second-order valence-electron chi connectivity index (χ2n) is 4.13. The molecule has 1 fully saturated rings. The summed E-state index contributed by atoms with van der Waals surface area (Å²) < 4.78 is 29.8. The van der Waals surface area contributed by atoms with Crippen LogP contribution in [0.3, 0.4) is 0 Å². The van der Waals surface area contributed by atoms with E-state index in [1.807, 2.05) is 7.05 Å². The summed E-state index contributed by atoms with van der Waals surface area (Å²) >= 11 is 0. The van der Waals surface area contributed by atoms with Crippen molar-refractivity contribution in [3.05, 3.63) is 0 Å². The molecule has 0 aliphatic carbocycles. The van der Waals surface area contributed by atoms with E-state index in [4.69, 9.17) is 0 Å². The van der Waals surface area contributed by atoms with E-state index in [1.54, 1.807) is 6.92 Å². The van der Waals surface area contributed by atoms with Crippen LogP contribution < -0.4 is 5.32 Å². The van der Waals surface area contributed by atoms with Crippen molar-refractivity contribution in [3.63, 3.8) is 0 Å². The first-order valence-corrected chi connectivity index (χ1v) is 7.38. The molecule has 0 radical (unpaired) electrons. The van der Waals surface area contributed by atoms with Gasteiger partial charge >= 0.3 is 5.97 Å². The van der Waals surface area contributed by atoms with E-state index in [9.17, 15) is 13.2 Å². The first-order valence-electron chi connectivity index (χ1n) is 5.77. The summed E-state index contributed by atoms with van der Waals surface area (Å²) in [5, 5.41) is 3.03. The standard InChI is InChI=1S/C10H20N2O4S/c1-3-16-10(13)8-17(14,15)12-5-4-9(7-12)6-11-2/h9,11H,3-8H2,1-2H3. The van der Waals surface area contributed by atoms with Gasteiger partial charge in [-0.25, -0.2) is 12.7 Å². The minimum atomic E-state index is -3.50. The minimum Gasteiger partial charge on any atom is -0.465 e. The smallest absolute Gasteiger partial charge is 0.322 e. The number of esters is 1. The Hall–Kier alpha value is -0.660. The fourth-order valence-corrected chi connectivity index (χ4v) is 3.33. The van der Waals surface area contributed by atoms with Crippen LogP contribution in [-0.4, -0.2) is 57.7 Å². The van der Waals surface area contributed by atoms with Gasteiger partial charge in [0.25, 0.3) is 0 Å². The summed E-state index contributed by atoms with van der Waals surface area (Å²) in [4.78, 5) is 11.2. The molecule has 0 amide bonds. The van der Waals surface area contributed by atoms with E-state index in [0.29, 0.717) is 19.0 Å². The van der Waals surface area contributed by atoms with Gasteiger partial charge in [0.15, 0.2) is 5.75 Å². The maximum Gasteiger partial charge on any atom is 0.322 e. The van der Waals surface area contributed by atoms with Crippen LogP contribution in [0.15, 0.2) is 0 Å². The van der Waals surface area contributed by atoms with Crippen molar-refractivity contribution >= 4 is 16.0 Å². The fraction of sp³-hybridized carbons (Fsp3) is 0.900. The predicted octanol–water partition coefficient (Wildman–Crippen LogP) is -0.579. The molecule has 0 aromatic rings. The molecular weight excluding hydrogens is 244 g/mol. The highest BCUT2D eigenvalue weighted by Crippen LogP contribution is 2.19. The van der Waals surface area contributed by atoms with Gasteiger partial charge < -0.3 is 10.1 Å². The van der Waals surface area contributed by atoms with Gasteiger partial charge in [-0.2, -0.15) is 0 Å². The molecule has 1 rings (SSSR count). The Balaban J connectivity index is 2.52. The van der Waals surface area contributed by atoms with E-state index >= 15 is 0 Å². The Morgan fingerprint density at radius 1 is 1.53 bits per heavy atom. The number of hydrogen-bond donors (Lipinski definition) is 1. The molecule has 7 heteroatoms. The maximum absolute atomic E-state index is 11.9. The molecule has 1 aliphatic heterocycles. The van der Waals surface area contributed by atoms with Gasteiger partial charge in [0.1, 0.15) is 0 Å². The van der Waals surface area contributed by atoms with Crippen LogP contribution >= 0.6 is 0 Å². The fourth-order valence-electron chi connectivity index (χ4n) is 1.95. The topological polar surface area (TPSA) is 75.7 Å². The van der Waals surface area contributed by atoms with E-state index in [1.165, 1.54) is 4.31 Å². The molecule has 0 saturated carbocycles. The third kappa shape index (κ3) is 4.25. The van der Waals surface area contributed by atoms with Gasteiger partial charge in [-0.1, -0.05) is 0 Å². The molecule has 1 saturated heterocycles. The van der Waals surface area contributed by atoms with Crippen molar-refractivity contribution in [2.45, 2.75) is 13.3 Å². The summed E-state index contributed by atoms with van der Waals surface area (Å²) in [7, 11) is -1.66. The normalized spacial score (nSPS) is 21.6. The minimum absolute atomic E-state index is 0.205. The number of carbonyl (C=O) groups is 1. The summed E-state index contributed by atoms with van der Waals surface area (Å²) in [5.74, 6) is -0.894. The van der Waals surface area contributed by atoms with Crippen LogP contribution in [0, 0.1) is 5.92 Å². The Bertz CT molecular complexity index is 355. The van der Waals surface area contributed by atoms with E-state index in [2.05, 4.69) is 10.1 Å². The first kappa shape index (κ1) is 14.4. The number of nitrogens with one attached hydrogen (secondary N) is 1. The van der Waals surface area contributed by atoms with Gasteiger partial charge in [0, 0.05) is 13.1 Å². The maximum atomic E-state index is 11.9. The highest BCUT2D eigenvalue weighted by atomic mass is 32.2. The second kappa shape index (κ2) is 6.32. The quantitative estimate of drug-likeness (QED) is 0.650. The molecule has 1 unspecified atom stereocenters. The summed E-state index contributed by atoms with van der Waals surface area (Å²) in [6.07, 6.45) is 0.836. The van der Waals surface area contributed by atoms with Crippen LogP contribution in [0.4, 0.5) is 0 Å². The van der Waals surface area contributed by atoms with Crippen molar-refractivity contribution in [2.24, 2.45) is 5.92 Å². The second-order valence-corrected chi connectivity index (χ2v) is 6.10. The number of rotatable bonds is 6. The molecule has 0 aromatic heterocycles. The molecule has 1 aliphatic rings. The third-order valence-electron chi connectivity index (χ3n) is 2.74. The highest BCUT2D eigenvalue weighted by molar-refractivity contribution is 7.89. The Labute approximate surface area is 102 Å². The van der Waals surface area contributed by atoms with Crippen LogP contribution in [0.2, 0.25) is 0 Å². The first-order chi connectivity index (χ1) is 7.99. The van der Waals surface area contributed by atoms with E-state index < -0.39 is 21.7 Å². The number of sulfonamides is 1. The largest absolute Gasteiger partial charge is 0.465 e. The van der Waals surface area contributed by atoms with Crippen molar-refractivity contribution in [1.82, 2.24) is 9.62 Å². The van der Waals surface area contributed by atoms with Crippen molar-refractivity contribution in [3.8, 4) is 0 Å². The highest BCUT2D eigenvalue weighted by Gasteiger charge is 2.32. The lowest BCUT2D eigenvalue weighted by molar-refractivity contribution is -0.140. The number of nitrogens with zero attached hydrogens (tertiary/aromatic N) is 1. The van der Waals surface area contributed by atoms with E-state index in [-0.39, 0.29) is 6.61 Å². The zero-order valence-electron chi connectivity index (χ0n) is 10.3. The molecule has 1 N–H and O–H groups in total. The van der Waals surface area contributed by atoms with Crippen molar-refractivity contribution < 1.29 is 17.9 Å². The molecule has 0 aromatic carbocycles. The molecule has 17 heavy (non-hydrogen) atoms. The zero-order chi connectivity index (χ0) is 12.9. The molecule has 1 heterocycles. The predicted molar refractivity (Wildman–Crippen MR) is 64.0 cm³/mol. The van der Waals surface area contributed by atoms with Crippen LogP contribution in [0.1, 0.15) is 13.3 Å². The zero-order valence-corrected chi connectivity index (χ0v) is 11.1. The summed E-state index contributed by atoms with van der Waals surface area (Å²) in [6.45, 7) is 3.64. The molecule has 1 atom stereocenters. The lowest BCUT2D eigenvalue weighted by Gasteiger charge is -2.15. The van der Waals surface area contributed by atoms with Gasteiger partial charge in [-0.05, 0) is 32.9 Å². The molecule has 0 bridgehead atoms. The van der Waals surface area contributed by atoms with Gasteiger partial charge in [-0.3, -0.25) is 4.79 Å². The lowest BCUT2D eigenvalue weighted by Crippen LogP contribution is -2.35. The van der Waals surface area contributed by atoms with Crippen LogP contribution in [-0.2, 0) is 19.6 Å². The Morgan fingerprint density at radius 2 is 2.24 bits per heavy atom. The number of carbonyl (C=O) groups excluding carboxylic acids is 1. The molecule has 6 nitrogen and oxygen atoms in total. The van der Waals surface area contributed by atoms with Crippen molar-refractivity contribution in [2.75, 3.05) is 39.0 Å². The third-order valence-corrected chi connectivity index (χ3v) is 4.46. The Morgan fingerprint density at radius 3 is 2.82 bits per heavy atom. The summed E-state index contributed by atoms with van der Waals surface area (Å²) in [6, 6.07) is 0. The SMILES string of the molecule is CCOC(=O)CS(=O)(=O)N1CCC(CNC)C1. The average molecular weight is 264 g/mol. The van der Waals surface area contributed by atoms with Crippen LogP contribution in [0.25, 0.3) is 0 Å². The average Bonchev–Trinajstić information content (AvgIpc) is 2.67. The van der Waals surface area contributed by atoms with Crippen molar-refractivity contribution in [1.29, 1.82) is 0 Å². The summed E-state index contributed by atoms with van der Waals surface area (Å²) in [5.41, 5.74) is 0.